The first-order valence-electron chi connectivity index (χ1n) is 6.67. The molecule has 0 radical (unpaired) electrons. The van der Waals surface area contributed by atoms with Crippen LogP contribution in [0.15, 0.2) is 30.5 Å². The van der Waals surface area contributed by atoms with Gasteiger partial charge >= 0.3 is 0 Å². The van der Waals surface area contributed by atoms with Gasteiger partial charge in [-0.2, -0.15) is 0 Å². The van der Waals surface area contributed by atoms with Gasteiger partial charge in [-0.05, 0) is 19.2 Å². The summed E-state index contributed by atoms with van der Waals surface area (Å²) in [6, 6.07) is 6.49. The van der Waals surface area contributed by atoms with Gasteiger partial charge in [0.25, 0.3) is 5.91 Å². The molecule has 1 fully saturated rings. The molecule has 0 saturated carbocycles. The van der Waals surface area contributed by atoms with Crippen molar-refractivity contribution in [2.24, 2.45) is 0 Å². The summed E-state index contributed by atoms with van der Waals surface area (Å²) in [5.74, 6) is -0.391. The maximum atomic E-state index is 13.6. The number of carbonyl (C=O) groups is 1. The quantitative estimate of drug-likeness (QED) is 0.794. The van der Waals surface area contributed by atoms with Crippen LogP contribution < -0.4 is 0 Å². The summed E-state index contributed by atoms with van der Waals surface area (Å²) in [5, 5.41) is 0.657. The van der Waals surface area contributed by atoms with Crippen LogP contribution in [0.3, 0.4) is 0 Å². The van der Waals surface area contributed by atoms with Gasteiger partial charge < -0.3 is 9.80 Å². The lowest BCUT2D eigenvalue weighted by Crippen LogP contribution is -2.47. The van der Waals surface area contributed by atoms with Crippen molar-refractivity contribution in [1.29, 1.82) is 0 Å². The Hall–Kier alpha value is -2.01. The summed E-state index contributed by atoms with van der Waals surface area (Å²) in [4.78, 5) is 20.5. The molecular weight excluding hydrogens is 257 g/mol. The third kappa shape index (κ3) is 2.36. The van der Waals surface area contributed by atoms with Crippen molar-refractivity contribution in [2.75, 3.05) is 33.2 Å². The molecule has 5 heteroatoms. The highest BCUT2D eigenvalue weighted by Crippen LogP contribution is 2.17. The van der Waals surface area contributed by atoms with E-state index in [2.05, 4.69) is 9.88 Å². The van der Waals surface area contributed by atoms with Crippen molar-refractivity contribution < 1.29 is 9.18 Å². The van der Waals surface area contributed by atoms with Crippen LogP contribution in [0.1, 0.15) is 10.4 Å². The second kappa shape index (κ2) is 5.17. The number of amides is 1. The van der Waals surface area contributed by atoms with Crippen LogP contribution in [0.2, 0.25) is 0 Å². The van der Waals surface area contributed by atoms with E-state index in [4.69, 9.17) is 0 Å². The van der Waals surface area contributed by atoms with E-state index in [0.29, 0.717) is 16.5 Å². The number of nitrogens with zero attached hydrogens (tertiary/aromatic N) is 3. The van der Waals surface area contributed by atoms with Gasteiger partial charge in [0.05, 0.1) is 5.56 Å². The molecule has 104 valence electrons. The van der Waals surface area contributed by atoms with Crippen LogP contribution in [-0.2, 0) is 0 Å². The minimum absolute atomic E-state index is 0.0308. The average molecular weight is 273 g/mol. The molecule has 1 aromatic carbocycles. The fourth-order valence-electron chi connectivity index (χ4n) is 2.43. The Morgan fingerprint density at radius 2 is 2.00 bits per heavy atom. The molecule has 0 atom stereocenters. The molecule has 0 aliphatic carbocycles. The molecular formula is C15H16FN3O. The number of hydrogen-bond donors (Lipinski definition) is 0. The van der Waals surface area contributed by atoms with E-state index in [1.165, 1.54) is 12.3 Å². The van der Waals surface area contributed by atoms with E-state index in [9.17, 15) is 9.18 Å². The van der Waals surface area contributed by atoms with Crippen LogP contribution in [0.25, 0.3) is 10.9 Å². The number of benzene rings is 1. The highest BCUT2D eigenvalue weighted by molar-refractivity contribution is 5.97. The number of pyridine rings is 1. The van der Waals surface area contributed by atoms with Crippen molar-refractivity contribution in [2.45, 2.75) is 0 Å². The lowest BCUT2D eigenvalue weighted by atomic mass is 10.1. The van der Waals surface area contributed by atoms with E-state index in [1.54, 1.807) is 18.2 Å². The van der Waals surface area contributed by atoms with Crippen molar-refractivity contribution in [3.05, 3.63) is 41.8 Å². The van der Waals surface area contributed by atoms with Crippen molar-refractivity contribution in [3.63, 3.8) is 0 Å². The Labute approximate surface area is 116 Å². The van der Waals surface area contributed by atoms with Gasteiger partial charge in [0.1, 0.15) is 11.3 Å². The Balaban J connectivity index is 1.88. The number of fused-ring (bicyclic) bond motifs is 1. The molecule has 1 aliphatic rings. The molecule has 1 saturated heterocycles. The van der Waals surface area contributed by atoms with Gasteiger partial charge in [-0.3, -0.25) is 9.78 Å². The third-order valence-electron chi connectivity index (χ3n) is 3.70. The standard InChI is InChI=1S/C15H16FN3O/c1-18-5-7-19(8-6-18)15(20)12-9-11-3-2-4-13(16)14(11)17-10-12/h2-4,9-10H,5-8H2,1H3. The van der Waals surface area contributed by atoms with Gasteiger partial charge in [0.15, 0.2) is 0 Å². The summed E-state index contributed by atoms with van der Waals surface area (Å²) < 4.78 is 13.6. The summed E-state index contributed by atoms with van der Waals surface area (Å²) in [6.45, 7) is 3.19. The molecule has 3 rings (SSSR count). The maximum absolute atomic E-state index is 13.6. The molecule has 1 amide bonds. The Bertz CT molecular complexity index is 651. The largest absolute Gasteiger partial charge is 0.336 e. The lowest BCUT2D eigenvalue weighted by molar-refractivity contribution is 0.0664. The Morgan fingerprint density at radius 3 is 2.75 bits per heavy atom. The molecule has 0 spiro atoms. The predicted octanol–water partition coefficient (Wildman–Crippen LogP) is 1.76. The molecule has 0 unspecified atom stereocenters. The van der Waals surface area contributed by atoms with Crippen LogP contribution in [0, 0.1) is 5.82 Å². The fraction of sp³-hybridized carbons (Fsp3) is 0.333. The van der Waals surface area contributed by atoms with Gasteiger partial charge in [0.2, 0.25) is 0 Å². The molecule has 4 nitrogen and oxygen atoms in total. The van der Waals surface area contributed by atoms with Crippen LogP contribution in [-0.4, -0.2) is 53.9 Å². The highest BCUT2D eigenvalue weighted by atomic mass is 19.1. The highest BCUT2D eigenvalue weighted by Gasteiger charge is 2.20. The SMILES string of the molecule is CN1CCN(C(=O)c2cnc3c(F)cccc3c2)CC1. The Kier molecular flexibility index (Phi) is 3.36. The number of aromatic nitrogens is 1. The first-order valence-corrected chi connectivity index (χ1v) is 6.67. The third-order valence-corrected chi connectivity index (χ3v) is 3.70. The van der Waals surface area contributed by atoms with E-state index in [-0.39, 0.29) is 11.7 Å². The number of piperazine rings is 1. The smallest absolute Gasteiger partial charge is 0.255 e. The lowest BCUT2D eigenvalue weighted by Gasteiger charge is -2.32. The van der Waals surface area contributed by atoms with Gasteiger partial charge in [-0.15, -0.1) is 0 Å². The van der Waals surface area contributed by atoms with Gasteiger partial charge in [0, 0.05) is 37.8 Å². The number of hydrogen-bond acceptors (Lipinski definition) is 3. The minimum atomic E-state index is -0.360. The molecule has 1 aromatic heterocycles. The van der Waals surface area contributed by atoms with Crippen molar-refractivity contribution in [3.8, 4) is 0 Å². The number of para-hydroxylation sites is 1. The van der Waals surface area contributed by atoms with Gasteiger partial charge in [-0.25, -0.2) is 4.39 Å². The van der Waals surface area contributed by atoms with Crippen molar-refractivity contribution in [1.82, 2.24) is 14.8 Å². The monoisotopic (exact) mass is 273 g/mol. The zero-order chi connectivity index (χ0) is 14.1. The molecule has 1 aliphatic heterocycles. The zero-order valence-electron chi connectivity index (χ0n) is 11.3. The zero-order valence-corrected chi connectivity index (χ0v) is 11.3. The van der Waals surface area contributed by atoms with Crippen LogP contribution in [0.5, 0.6) is 0 Å². The average Bonchev–Trinajstić information content (AvgIpc) is 2.47. The number of carbonyl (C=O) groups excluding carboxylic acids is 1. The van der Waals surface area contributed by atoms with E-state index >= 15 is 0 Å². The van der Waals surface area contributed by atoms with E-state index in [0.717, 1.165) is 26.2 Å². The molecule has 0 N–H and O–H groups in total. The minimum Gasteiger partial charge on any atom is -0.336 e. The second-order valence-electron chi connectivity index (χ2n) is 5.13. The molecule has 2 heterocycles. The van der Waals surface area contributed by atoms with E-state index < -0.39 is 0 Å². The normalized spacial score (nSPS) is 16.6. The number of rotatable bonds is 1. The molecule has 0 bridgehead atoms. The van der Waals surface area contributed by atoms with Crippen LogP contribution in [0.4, 0.5) is 4.39 Å². The molecule has 2 aromatic rings. The first-order chi connectivity index (χ1) is 9.65. The van der Waals surface area contributed by atoms with Crippen LogP contribution >= 0.6 is 0 Å². The van der Waals surface area contributed by atoms with E-state index in [1.807, 2.05) is 11.9 Å². The summed E-state index contributed by atoms with van der Waals surface area (Å²) >= 11 is 0. The molecule has 20 heavy (non-hydrogen) atoms. The number of halogens is 1. The predicted molar refractivity (Wildman–Crippen MR) is 75.1 cm³/mol. The topological polar surface area (TPSA) is 36.4 Å². The maximum Gasteiger partial charge on any atom is 0.255 e. The fourth-order valence-corrected chi connectivity index (χ4v) is 2.43. The Morgan fingerprint density at radius 1 is 1.25 bits per heavy atom. The summed E-state index contributed by atoms with van der Waals surface area (Å²) in [6.07, 6.45) is 1.46. The number of likely N-dealkylation sites (N-methyl/N-ethyl adjacent to an activating group) is 1. The van der Waals surface area contributed by atoms with Crippen molar-refractivity contribution >= 4 is 16.8 Å². The summed E-state index contributed by atoms with van der Waals surface area (Å²) in [7, 11) is 2.04. The van der Waals surface area contributed by atoms with Gasteiger partial charge in [-0.1, -0.05) is 12.1 Å². The first kappa shape index (κ1) is 13.0. The second-order valence-corrected chi connectivity index (χ2v) is 5.13. The summed E-state index contributed by atoms with van der Waals surface area (Å²) in [5.41, 5.74) is 0.829.